The first-order valence-corrected chi connectivity index (χ1v) is 2.80. The van der Waals surface area contributed by atoms with Crippen molar-refractivity contribution in [1.82, 2.24) is 0 Å². The average molecular weight is 104 g/mol. The van der Waals surface area contributed by atoms with Crippen LogP contribution in [0.3, 0.4) is 0 Å². The number of rotatable bonds is 0. The third kappa shape index (κ3) is 1.06. The zero-order valence-electron chi connectivity index (χ0n) is 3.14. The molecule has 3 nitrogen and oxygen atoms in total. The summed E-state index contributed by atoms with van der Waals surface area (Å²) >= 11 is 0. The van der Waals surface area contributed by atoms with Gasteiger partial charge in [-0.2, -0.15) is 0 Å². The van der Waals surface area contributed by atoms with Crippen LogP contribution in [0.25, 0.3) is 0 Å². The van der Waals surface area contributed by atoms with Gasteiger partial charge in [0, 0.05) is 0 Å². The van der Waals surface area contributed by atoms with Gasteiger partial charge in [0.2, 0.25) is 0 Å². The summed E-state index contributed by atoms with van der Waals surface area (Å²) in [5, 5.41) is 4.08. The van der Waals surface area contributed by atoms with Crippen LogP contribution in [0.4, 0.5) is 0 Å². The van der Waals surface area contributed by atoms with Crippen LogP contribution in [-0.2, 0) is 14.5 Å². The Labute approximate surface area is 38.0 Å². The Morgan fingerprint density at radius 2 is 2.50 bits per heavy atom. The molecule has 0 aromatic carbocycles. The molecule has 1 saturated heterocycles. The molecule has 0 atom stereocenters. The standard InChI is InChI=1S/C2H4O3Si/c1-2-6-5-4-3-1/h1-2H2. The van der Waals surface area contributed by atoms with Crippen LogP contribution >= 0.6 is 0 Å². The lowest BCUT2D eigenvalue weighted by atomic mass is 10.9. The second kappa shape index (κ2) is 2.30. The molecule has 1 aliphatic heterocycles. The Morgan fingerprint density at radius 3 is 2.67 bits per heavy atom. The van der Waals surface area contributed by atoms with Crippen molar-refractivity contribution in [1.29, 1.82) is 0 Å². The predicted molar refractivity (Wildman–Crippen MR) is 18.7 cm³/mol. The van der Waals surface area contributed by atoms with Crippen molar-refractivity contribution < 1.29 is 14.5 Å². The lowest BCUT2D eigenvalue weighted by Gasteiger charge is -2.05. The van der Waals surface area contributed by atoms with E-state index in [1.165, 1.54) is 0 Å². The molecule has 0 saturated carbocycles. The quantitative estimate of drug-likeness (QED) is 0.318. The van der Waals surface area contributed by atoms with Gasteiger partial charge in [-0.05, 0) is 6.04 Å². The fraction of sp³-hybridized carbons (Fsp3) is 1.00. The Kier molecular flexibility index (Phi) is 1.63. The van der Waals surface area contributed by atoms with Crippen molar-refractivity contribution in [2.45, 2.75) is 6.04 Å². The van der Waals surface area contributed by atoms with Crippen molar-refractivity contribution in [2.24, 2.45) is 0 Å². The minimum atomic E-state index is 0.454. The van der Waals surface area contributed by atoms with Gasteiger partial charge >= 0.3 is 0 Å². The molecule has 2 radical (unpaired) electrons. The summed E-state index contributed by atoms with van der Waals surface area (Å²) in [6.07, 6.45) is 0. The van der Waals surface area contributed by atoms with Crippen molar-refractivity contribution in [3.05, 3.63) is 0 Å². The zero-order chi connectivity index (χ0) is 4.24. The Bertz CT molecular complexity index is 24.3. The van der Waals surface area contributed by atoms with Crippen LogP contribution in [-0.4, -0.2) is 16.4 Å². The van der Waals surface area contributed by atoms with E-state index in [2.05, 4.69) is 14.5 Å². The fourth-order valence-corrected chi connectivity index (χ4v) is 0.553. The smallest absolute Gasteiger partial charge is 0.258 e. The van der Waals surface area contributed by atoms with E-state index in [1.807, 2.05) is 0 Å². The average Bonchev–Trinajstić information content (AvgIpc) is 1.72. The molecule has 1 heterocycles. The highest BCUT2D eigenvalue weighted by molar-refractivity contribution is 6.26. The van der Waals surface area contributed by atoms with Gasteiger partial charge in [0.25, 0.3) is 9.76 Å². The predicted octanol–water partition coefficient (Wildman–Crippen LogP) is -0.0827. The van der Waals surface area contributed by atoms with Crippen LogP contribution in [0, 0.1) is 0 Å². The van der Waals surface area contributed by atoms with Crippen LogP contribution in [0.15, 0.2) is 0 Å². The fourth-order valence-electron chi connectivity index (χ4n) is 0.207. The molecule has 1 aliphatic rings. The summed E-state index contributed by atoms with van der Waals surface area (Å²) in [5.74, 6) is 0. The molecule has 0 unspecified atom stereocenters. The molecule has 0 aromatic rings. The Hall–Kier alpha value is 0.0969. The number of hydrogen-bond donors (Lipinski definition) is 0. The van der Waals surface area contributed by atoms with E-state index in [-0.39, 0.29) is 0 Å². The van der Waals surface area contributed by atoms with Crippen LogP contribution in [0.1, 0.15) is 0 Å². The molecule has 1 rings (SSSR count). The van der Waals surface area contributed by atoms with Gasteiger partial charge in [-0.3, -0.25) is 4.58 Å². The first kappa shape index (κ1) is 4.26. The topological polar surface area (TPSA) is 27.7 Å². The van der Waals surface area contributed by atoms with Gasteiger partial charge in [-0.25, -0.2) is 4.89 Å². The van der Waals surface area contributed by atoms with E-state index in [9.17, 15) is 0 Å². The highest BCUT2D eigenvalue weighted by Gasteiger charge is 1.99. The first-order valence-electron chi connectivity index (χ1n) is 1.68. The summed E-state index contributed by atoms with van der Waals surface area (Å²) in [5.41, 5.74) is 0. The van der Waals surface area contributed by atoms with Gasteiger partial charge in [0.05, 0.1) is 6.61 Å². The van der Waals surface area contributed by atoms with E-state index in [4.69, 9.17) is 0 Å². The minimum Gasteiger partial charge on any atom is -0.258 e. The molecule has 6 heavy (non-hydrogen) atoms. The molecule has 0 aromatic heterocycles. The lowest BCUT2D eigenvalue weighted by molar-refractivity contribution is -0.476. The van der Waals surface area contributed by atoms with E-state index < -0.39 is 0 Å². The zero-order valence-corrected chi connectivity index (χ0v) is 4.14. The van der Waals surface area contributed by atoms with Gasteiger partial charge in [0.15, 0.2) is 0 Å². The molecule has 0 spiro atoms. The maximum absolute atomic E-state index is 4.38. The van der Waals surface area contributed by atoms with E-state index >= 15 is 0 Å². The number of hydrogen-bond acceptors (Lipinski definition) is 3. The maximum atomic E-state index is 4.38. The highest BCUT2D eigenvalue weighted by Crippen LogP contribution is 1.92. The molecular weight excluding hydrogens is 100 g/mol. The maximum Gasteiger partial charge on any atom is 0.289 e. The van der Waals surface area contributed by atoms with Crippen molar-refractivity contribution in [3.63, 3.8) is 0 Å². The van der Waals surface area contributed by atoms with Crippen molar-refractivity contribution >= 4 is 9.76 Å². The summed E-state index contributed by atoms with van der Waals surface area (Å²) in [4.78, 5) is 4.35. The summed E-state index contributed by atoms with van der Waals surface area (Å²) < 4.78 is 4.38. The van der Waals surface area contributed by atoms with Crippen LogP contribution < -0.4 is 0 Å². The van der Waals surface area contributed by atoms with E-state index in [1.54, 1.807) is 0 Å². The SMILES string of the molecule is C1C[Si]OOO1. The minimum absolute atomic E-state index is 0.454. The van der Waals surface area contributed by atoms with Gasteiger partial charge in [0.1, 0.15) is 0 Å². The third-order valence-corrected chi connectivity index (χ3v) is 1.02. The second-order valence-corrected chi connectivity index (χ2v) is 1.82. The third-order valence-electron chi connectivity index (χ3n) is 0.429. The summed E-state index contributed by atoms with van der Waals surface area (Å²) in [6.45, 7) is 0.665. The lowest BCUT2D eigenvalue weighted by Crippen LogP contribution is -2.11. The largest absolute Gasteiger partial charge is 0.289 e. The Morgan fingerprint density at radius 1 is 1.50 bits per heavy atom. The molecule has 0 N–H and O–H groups in total. The Balaban J connectivity index is 2.00. The molecule has 0 bridgehead atoms. The molecule has 34 valence electrons. The van der Waals surface area contributed by atoms with Crippen LogP contribution in [0.2, 0.25) is 6.04 Å². The highest BCUT2D eigenvalue weighted by atomic mass is 28.2. The monoisotopic (exact) mass is 104 g/mol. The second-order valence-electron chi connectivity index (χ2n) is 0.868. The van der Waals surface area contributed by atoms with Crippen molar-refractivity contribution in [2.75, 3.05) is 6.61 Å². The molecule has 4 heteroatoms. The van der Waals surface area contributed by atoms with Crippen molar-refractivity contribution in [3.8, 4) is 0 Å². The molecule has 0 amide bonds. The van der Waals surface area contributed by atoms with Gasteiger partial charge in [-0.1, -0.05) is 5.04 Å². The normalized spacial score (nSPS) is 24.0. The molecule has 1 fully saturated rings. The van der Waals surface area contributed by atoms with E-state index in [0.29, 0.717) is 16.4 Å². The summed E-state index contributed by atoms with van der Waals surface area (Å²) in [7, 11) is 0.454. The first-order chi connectivity index (χ1) is 3.00. The van der Waals surface area contributed by atoms with Gasteiger partial charge in [-0.15, -0.1) is 0 Å². The van der Waals surface area contributed by atoms with Crippen LogP contribution in [0.5, 0.6) is 0 Å². The molecular formula is C2H4O3Si. The summed E-state index contributed by atoms with van der Waals surface area (Å²) in [6, 6.07) is 0.958. The van der Waals surface area contributed by atoms with Gasteiger partial charge < -0.3 is 0 Å². The molecule has 0 aliphatic carbocycles. The van der Waals surface area contributed by atoms with E-state index in [0.717, 1.165) is 6.04 Å².